The van der Waals surface area contributed by atoms with Crippen molar-refractivity contribution in [1.29, 1.82) is 0 Å². The number of nitrogens with one attached hydrogen (secondary N) is 1. The van der Waals surface area contributed by atoms with Crippen LogP contribution in [-0.4, -0.2) is 25.7 Å². The zero-order valence-corrected chi connectivity index (χ0v) is 13.5. The number of methoxy groups -OCH3 is 1. The number of aromatic nitrogens is 2. The van der Waals surface area contributed by atoms with Gasteiger partial charge in [0.15, 0.2) is 0 Å². The van der Waals surface area contributed by atoms with Crippen LogP contribution in [0.2, 0.25) is 0 Å². The van der Waals surface area contributed by atoms with E-state index in [4.69, 9.17) is 10.5 Å². The number of benzene rings is 1. The van der Waals surface area contributed by atoms with Gasteiger partial charge in [0.2, 0.25) is 5.13 Å². The molecule has 2 rings (SSSR count). The topological polar surface area (TPSA) is 107 Å². The first kappa shape index (κ1) is 15.5. The van der Waals surface area contributed by atoms with E-state index >= 15 is 0 Å². The lowest BCUT2D eigenvalue weighted by Gasteiger charge is -2.12. The highest BCUT2D eigenvalue weighted by Gasteiger charge is 2.22. The number of hydrogen-bond acceptors (Lipinski definition) is 7. The molecule has 0 unspecified atom stereocenters. The molecule has 0 aliphatic rings. The van der Waals surface area contributed by atoms with Gasteiger partial charge in [-0.1, -0.05) is 18.3 Å². The average molecular weight is 328 g/mol. The van der Waals surface area contributed by atoms with Crippen molar-refractivity contribution in [3.8, 4) is 5.75 Å². The van der Waals surface area contributed by atoms with E-state index in [0.29, 0.717) is 12.1 Å². The second-order valence-corrected chi connectivity index (χ2v) is 7.03. The Morgan fingerprint density at radius 3 is 2.67 bits per heavy atom. The Morgan fingerprint density at radius 1 is 1.38 bits per heavy atom. The molecule has 2 aromatic rings. The van der Waals surface area contributed by atoms with Crippen molar-refractivity contribution in [2.45, 2.75) is 25.2 Å². The number of nitrogens with zero attached hydrogens (tertiary/aromatic N) is 2. The predicted molar refractivity (Wildman–Crippen MR) is 82.2 cm³/mol. The molecular weight excluding hydrogens is 312 g/mol. The third-order valence-corrected chi connectivity index (χ3v) is 5.31. The van der Waals surface area contributed by atoms with E-state index in [1.54, 1.807) is 13.0 Å². The summed E-state index contributed by atoms with van der Waals surface area (Å²) < 4.78 is 32.4. The summed E-state index contributed by atoms with van der Waals surface area (Å²) in [6.07, 6.45) is 0.695. The Balaban J connectivity index is 2.41. The van der Waals surface area contributed by atoms with Crippen molar-refractivity contribution in [2.24, 2.45) is 0 Å². The van der Waals surface area contributed by atoms with Crippen LogP contribution in [-0.2, 0) is 16.4 Å². The third kappa shape index (κ3) is 3.24. The minimum Gasteiger partial charge on any atom is -0.495 e. The monoisotopic (exact) mass is 328 g/mol. The minimum absolute atomic E-state index is 0.0265. The quantitative estimate of drug-likeness (QED) is 0.810. The van der Waals surface area contributed by atoms with Gasteiger partial charge in [0.1, 0.15) is 15.7 Å². The summed E-state index contributed by atoms with van der Waals surface area (Å²) in [7, 11) is -2.43. The summed E-state index contributed by atoms with van der Waals surface area (Å²) in [5.41, 5.74) is 6.91. The number of hydrogen-bond donors (Lipinski definition) is 2. The van der Waals surface area contributed by atoms with Gasteiger partial charge in [-0.15, -0.1) is 10.2 Å². The molecule has 7 nitrogen and oxygen atoms in total. The molecule has 0 bridgehead atoms. The maximum absolute atomic E-state index is 12.4. The molecule has 0 saturated carbocycles. The van der Waals surface area contributed by atoms with E-state index in [2.05, 4.69) is 14.9 Å². The molecule has 0 atom stereocenters. The molecule has 0 spiro atoms. The minimum atomic E-state index is -3.84. The fourth-order valence-electron chi connectivity index (χ4n) is 1.65. The number of nitrogens with two attached hydrogens (primary N) is 1. The highest BCUT2D eigenvalue weighted by molar-refractivity contribution is 7.93. The zero-order chi connectivity index (χ0) is 15.6. The Morgan fingerprint density at radius 2 is 2.10 bits per heavy atom. The second-order valence-electron chi connectivity index (χ2n) is 4.32. The number of anilines is 2. The fraction of sp³-hybridized carbons (Fsp3) is 0.333. The maximum Gasteiger partial charge on any atom is 0.267 e. The van der Waals surface area contributed by atoms with Crippen LogP contribution in [0, 0.1) is 6.92 Å². The van der Waals surface area contributed by atoms with Crippen molar-refractivity contribution >= 4 is 32.2 Å². The van der Waals surface area contributed by atoms with E-state index in [1.165, 1.54) is 24.5 Å². The summed E-state index contributed by atoms with van der Waals surface area (Å²) in [4.78, 5) is -0.0265. The van der Waals surface area contributed by atoms with Crippen molar-refractivity contribution < 1.29 is 13.2 Å². The fourth-order valence-corrected chi connectivity index (χ4v) is 3.75. The highest BCUT2D eigenvalue weighted by atomic mass is 32.2. The molecule has 1 heterocycles. The van der Waals surface area contributed by atoms with E-state index in [1.807, 2.05) is 6.92 Å². The van der Waals surface area contributed by atoms with Crippen molar-refractivity contribution in [3.05, 3.63) is 22.7 Å². The summed E-state index contributed by atoms with van der Waals surface area (Å²) in [5, 5.41) is 8.64. The average Bonchev–Trinajstić information content (AvgIpc) is 2.88. The van der Waals surface area contributed by atoms with E-state index < -0.39 is 10.0 Å². The number of nitrogen functional groups attached to an aromatic ring is 1. The lowest BCUT2D eigenvalue weighted by Crippen LogP contribution is -2.14. The van der Waals surface area contributed by atoms with Crippen molar-refractivity contribution in [1.82, 2.24) is 10.2 Å². The molecule has 1 aromatic heterocycles. The van der Waals surface area contributed by atoms with Gasteiger partial charge in [-0.25, -0.2) is 8.42 Å². The van der Waals surface area contributed by atoms with Gasteiger partial charge < -0.3 is 10.5 Å². The van der Waals surface area contributed by atoms with Gasteiger partial charge in [0, 0.05) is 5.69 Å². The first-order valence-electron chi connectivity index (χ1n) is 6.16. The van der Waals surface area contributed by atoms with Crippen LogP contribution in [0.25, 0.3) is 0 Å². The van der Waals surface area contributed by atoms with Crippen LogP contribution in [0.5, 0.6) is 5.75 Å². The Labute approximate surface area is 127 Å². The van der Waals surface area contributed by atoms with Crippen molar-refractivity contribution in [2.75, 3.05) is 17.6 Å². The van der Waals surface area contributed by atoms with Gasteiger partial charge in [0.05, 0.1) is 7.11 Å². The second kappa shape index (κ2) is 5.86. The molecule has 9 heteroatoms. The molecule has 0 aliphatic heterocycles. The maximum atomic E-state index is 12.4. The first-order chi connectivity index (χ1) is 9.87. The van der Waals surface area contributed by atoms with Crippen LogP contribution in [0.1, 0.15) is 17.5 Å². The predicted octanol–water partition coefficient (Wildman–Crippen LogP) is 1.80. The molecule has 21 heavy (non-hydrogen) atoms. The van der Waals surface area contributed by atoms with Crippen LogP contribution >= 0.6 is 11.3 Å². The van der Waals surface area contributed by atoms with Crippen LogP contribution in [0.3, 0.4) is 0 Å². The molecule has 3 N–H and O–H groups in total. The normalized spacial score (nSPS) is 11.4. The third-order valence-electron chi connectivity index (χ3n) is 2.83. The zero-order valence-electron chi connectivity index (χ0n) is 11.9. The van der Waals surface area contributed by atoms with Gasteiger partial charge >= 0.3 is 0 Å². The number of rotatable bonds is 5. The molecule has 0 fully saturated rings. The largest absolute Gasteiger partial charge is 0.495 e. The molecular formula is C12H16N4O3S2. The summed E-state index contributed by atoms with van der Waals surface area (Å²) >= 11 is 1.19. The lowest BCUT2D eigenvalue weighted by atomic mass is 10.2. The lowest BCUT2D eigenvalue weighted by molar-refractivity contribution is 0.402. The molecule has 0 amide bonds. The van der Waals surface area contributed by atoms with Crippen LogP contribution in [0.4, 0.5) is 10.8 Å². The standard InChI is InChI=1S/C12H16N4O3S2/c1-4-11-14-15-12(20-11)16-21(17,18)10-6-8(13)7(2)5-9(10)19-3/h5-6H,4,13H2,1-3H3,(H,15,16). The Hall–Kier alpha value is -1.87. The Bertz CT molecular complexity index is 756. The van der Waals surface area contributed by atoms with Gasteiger partial charge in [-0.3, -0.25) is 4.72 Å². The molecule has 114 valence electrons. The molecule has 0 saturated heterocycles. The SMILES string of the molecule is CCc1nnc(NS(=O)(=O)c2cc(N)c(C)cc2OC)s1. The Kier molecular flexibility index (Phi) is 4.33. The molecule has 0 radical (unpaired) electrons. The number of ether oxygens (including phenoxy) is 1. The highest BCUT2D eigenvalue weighted by Crippen LogP contribution is 2.30. The first-order valence-corrected chi connectivity index (χ1v) is 8.46. The van der Waals surface area contributed by atoms with Gasteiger partial charge in [-0.2, -0.15) is 0 Å². The molecule has 1 aromatic carbocycles. The smallest absolute Gasteiger partial charge is 0.267 e. The number of aryl methyl sites for hydroxylation is 2. The summed E-state index contributed by atoms with van der Waals surface area (Å²) in [6, 6.07) is 2.96. The summed E-state index contributed by atoms with van der Waals surface area (Å²) in [5.74, 6) is 0.231. The van der Waals surface area contributed by atoms with Crippen molar-refractivity contribution in [3.63, 3.8) is 0 Å². The van der Waals surface area contributed by atoms with E-state index in [-0.39, 0.29) is 15.8 Å². The van der Waals surface area contributed by atoms with E-state index in [9.17, 15) is 8.42 Å². The van der Waals surface area contributed by atoms with Crippen LogP contribution < -0.4 is 15.2 Å². The van der Waals surface area contributed by atoms with E-state index in [0.717, 1.165) is 10.6 Å². The summed E-state index contributed by atoms with van der Waals surface area (Å²) in [6.45, 7) is 3.70. The van der Waals surface area contributed by atoms with Crippen LogP contribution in [0.15, 0.2) is 17.0 Å². The molecule has 0 aliphatic carbocycles. The van der Waals surface area contributed by atoms with Gasteiger partial charge in [-0.05, 0) is 31.0 Å². The van der Waals surface area contributed by atoms with Gasteiger partial charge in [0.25, 0.3) is 10.0 Å². The number of sulfonamides is 1.